The lowest BCUT2D eigenvalue weighted by atomic mass is 10.1. The third-order valence-corrected chi connectivity index (χ3v) is 6.64. The lowest BCUT2D eigenvalue weighted by Crippen LogP contribution is -2.12. The number of carbonyl (C=O) groups is 1. The van der Waals surface area contributed by atoms with Crippen molar-refractivity contribution in [2.45, 2.75) is 0 Å². The Bertz CT molecular complexity index is 974. The normalized spacial score (nSPS) is 10.4. The Hall–Kier alpha value is -2.22. The largest absolute Gasteiger partial charge is 0.496 e. The standard InChI is InChI=1S/C19H17NO3S3/c1-20(2)13-6-9-15(16(10-13)22-3)19(21)23-14-7-4-12(5-8-14)17-11-18(24)26-25-17/h4-11H,1-3H3. The molecule has 134 valence electrons. The Morgan fingerprint density at radius 3 is 2.35 bits per heavy atom. The summed E-state index contributed by atoms with van der Waals surface area (Å²) in [5.74, 6) is 0.512. The van der Waals surface area contributed by atoms with Crippen molar-refractivity contribution in [2.24, 2.45) is 0 Å². The number of methoxy groups -OCH3 is 1. The van der Waals surface area contributed by atoms with Crippen LogP contribution in [0.15, 0.2) is 48.5 Å². The molecule has 3 aromatic rings. The highest BCUT2D eigenvalue weighted by atomic mass is 32.9. The maximum absolute atomic E-state index is 12.5. The predicted octanol–water partition coefficient (Wildman–Crippen LogP) is 5.50. The van der Waals surface area contributed by atoms with Gasteiger partial charge in [0.05, 0.1) is 7.11 Å². The van der Waals surface area contributed by atoms with Gasteiger partial charge in [0.25, 0.3) is 0 Å². The number of rotatable bonds is 5. The van der Waals surface area contributed by atoms with Crippen LogP contribution in [0.4, 0.5) is 5.69 Å². The van der Waals surface area contributed by atoms with E-state index >= 15 is 0 Å². The molecule has 7 heteroatoms. The van der Waals surface area contributed by atoms with Crippen molar-refractivity contribution in [3.05, 3.63) is 57.9 Å². The van der Waals surface area contributed by atoms with Crippen LogP contribution in [-0.4, -0.2) is 27.2 Å². The van der Waals surface area contributed by atoms with Crippen molar-refractivity contribution in [3.63, 3.8) is 0 Å². The number of carbonyl (C=O) groups excluding carboxylic acids is 1. The fourth-order valence-corrected chi connectivity index (χ4v) is 4.75. The van der Waals surface area contributed by atoms with Gasteiger partial charge in [-0.05, 0) is 48.0 Å². The zero-order chi connectivity index (χ0) is 18.7. The van der Waals surface area contributed by atoms with Crippen LogP contribution in [0.3, 0.4) is 0 Å². The molecule has 0 aliphatic rings. The predicted molar refractivity (Wildman–Crippen MR) is 111 cm³/mol. The van der Waals surface area contributed by atoms with Gasteiger partial charge in [-0.1, -0.05) is 32.9 Å². The topological polar surface area (TPSA) is 38.8 Å². The quantitative estimate of drug-likeness (QED) is 0.243. The highest BCUT2D eigenvalue weighted by Gasteiger charge is 2.16. The Kier molecular flexibility index (Phi) is 5.70. The molecule has 4 nitrogen and oxygen atoms in total. The summed E-state index contributed by atoms with van der Waals surface area (Å²) in [4.78, 5) is 15.6. The molecule has 0 saturated heterocycles. The first-order valence-corrected chi connectivity index (χ1v) is 10.3. The number of benzene rings is 2. The monoisotopic (exact) mass is 403 g/mol. The van der Waals surface area contributed by atoms with Gasteiger partial charge in [0.15, 0.2) is 0 Å². The second-order valence-corrected chi connectivity index (χ2v) is 8.60. The molecular formula is C19H17NO3S3. The van der Waals surface area contributed by atoms with Gasteiger partial charge < -0.3 is 14.4 Å². The molecule has 0 amide bonds. The summed E-state index contributed by atoms with van der Waals surface area (Å²) in [5.41, 5.74) is 2.38. The SMILES string of the molecule is COc1cc(N(C)C)ccc1C(=O)Oc1ccc(-c2cc(=S)ss2)cc1. The molecule has 0 fully saturated rings. The Morgan fingerprint density at radius 1 is 1.04 bits per heavy atom. The van der Waals surface area contributed by atoms with Crippen LogP contribution in [0.1, 0.15) is 10.4 Å². The molecule has 26 heavy (non-hydrogen) atoms. The van der Waals surface area contributed by atoms with Crippen molar-refractivity contribution >= 4 is 44.6 Å². The molecule has 0 N–H and O–H groups in total. The number of esters is 1. The van der Waals surface area contributed by atoms with Crippen LogP contribution in [-0.2, 0) is 0 Å². The van der Waals surface area contributed by atoms with Crippen molar-refractivity contribution < 1.29 is 14.3 Å². The average molecular weight is 404 g/mol. The number of hydrogen-bond acceptors (Lipinski definition) is 7. The van der Waals surface area contributed by atoms with Crippen LogP contribution >= 0.6 is 32.9 Å². The molecule has 0 spiro atoms. The van der Waals surface area contributed by atoms with Crippen LogP contribution in [0.2, 0.25) is 0 Å². The molecule has 3 rings (SSSR count). The van der Waals surface area contributed by atoms with E-state index in [4.69, 9.17) is 21.7 Å². The second kappa shape index (κ2) is 7.99. The van der Waals surface area contributed by atoms with E-state index in [1.165, 1.54) is 7.11 Å². The van der Waals surface area contributed by atoms with Gasteiger partial charge in [-0.15, -0.1) is 0 Å². The van der Waals surface area contributed by atoms with E-state index in [1.54, 1.807) is 38.9 Å². The van der Waals surface area contributed by atoms with Crippen molar-refractivity contribution in [2.75, 3.05) is 26.1 Å². The van der Waals surface area contributed by atoms with E-state index in [0.29, 0.717) is 17.1 Å². The number of hydrogen-bond donors (Lipinski definition) is 0. The van der Waals surface area contributed by atoms with Crippen molar-refractivity contribution in [1.82, 2.24) is 0 Å². The van der Waals surface area contributed by atoms with E-state index in [1.807, 2.05) is 49.3 Å². The van der Waals surface area contributed by atoms with Crippen LogP contribution < -0.4 is 14.4 Å². The van der Waals surface area contributed by atoms with E-state index < -0.39 is 5.97 Å². The maximum Gasteiger partial charge on any atom is 0.347 e. The minimum Gasteiger partial charge on any atom is -0.496 e. The summed E-state index contributed by atoms with van der Waals surface area (Å²) in [6, 6.07) is 14.7. The maximum atomic E-state index is 12.5. The molecule has 0 atom stereocenters. The summed E-state index contributed by atoms with van der Waals surface area (Å²) in [7, 11) is 8.60. The Labute approximate surface area is 164 Å². The van der Waals surface area contributed by atoms with E-state index in [0.717, 1.165) is 20.0 Å². The fraction of sp³-hybridized carbons (Fsp3) is 0.158. The van der Waals surface area contributed by atoms with Gasteiger partial charge in [-0.2, -0.15) is 0 Å². The van der Waals surface area contributed by atoms with E-state index in [2.05, 4.69) is 0 Å². The number of ether oxygens (including phenoxy) is 2. The molecule has 0 aliphatic carbocycles. The molecule has 0 aliphatic heterocycles. The molecule has 0 unspecified atom stereocenters. The Morgan fingerprint density at radius 2 is 1.77 bits per heavy atom. The van der Waals surface area contributed by atoms with E-state index in [9.17, 15) is 4.79 Å². The average Bonchev–Trinajstić information content (AvgIpc) is 3.08. The molecule has 0 radical (unpaired) electrons. The minimum absolute atomic E-state index is 0.387. The third-order valence-electron chi connectivity index (χ3n) is 3.73. The van der Waals surface area contributed by atoms with Gasteiger partial charge in [0.2, 0.25) is 0 Å². The molecule has 0 saturated carbocycles. The first-order chi connectivity index (χ1) is 12.5. The second-order valence-electron chi connectivity index (χ2n) is 5.69. The van der Waals surface area contributed by atoms with Gasteiger partial charge in [0, 0.05) is 30.7 Å². The van der Waals surface area contributed by atoms with Crippen LogP contribution in [0.25, 0.3) is 10.4 Å². The molecule has 1 aromatic heterocycles. The first-order valence-electron chi connectivity index (χ1n) is 7.76. The minimum atomic E-state index is -0.453. The lowest BCUT2D eigenvalue weighted by Gasteiger charge is -2.15. The highest BCUT2D eigenvalue weighted by molar-refractivity contribution is 7.80. The summed E-state index contributed by atoms with van der Waals surface area (Å²) < 4.78 is 11.7. The summed E-state index contributed by atoms with van der Waals surface area (Å²) in [6.45, 7) is 0. The van der Waals surface area contributed by atoms with Gasteiger partial charge in [0.1, 0.15) is 20.9 Å². The van der Waals surface area contributed by atoms with Crippen molar-refractivity contribution in [1.29, 1.82) is 0 Å². The van der Waals surface area contributed by atoms with Gasteiger partial charge in [-0.25, -0.2) is 4.79 Å². The smallest absolute Gasteiger partial charge is 0.347 e. The van der Waals surface area contributed by atoms with Crippen molar-refractivity contribution in [3.8, 4) is 21.9 Å². The summed E-state index contributed by atoms with van der Waals surface area (Å²) in [6.07, 6.45) is 0. The van der Waals surface area contributed by atoms with E-state index in [-0.39, 0.29) is 0 Å². The lowest BCUT2D eigenvalue weighted by molar-refractivity contribution is 0.0731. The molecule has 1 heterocycles. The van der Waals surface area contributed by atoms with Crippen LogP contribution in [0.5, 0.6) is 11.5 Å². The highest BCUT2D eigenvalue weighted by Crippen LogP contribution is 2.31. The first kappa shape index (κ1) is 18.6. The van der Waals surface area contributed by atoms with Gasteiger partial charge >= 0.3 is 5.97 Å². The third kappa shape index (κ3) is 4.12. The summed E-state index contributed by atoms with van der Waals surface area (Å²) in [5, 5.41) is 0. The zero-order valence-corrected chi connectivity index (χ0v) is 17.0. The van der Waals surface area contributed by atoms with Gasteiger partial charge in [-0.3, -0.25) is 0 Å². The number of nitrogens with zero attached hydrogens (tertiary/aromatic N) is 1. The molecule has 0 bridgehead atoms. The fourth-order valence-electron chi connectivity index (χ4n) is 2.35. The Balaban J connectivity index is 1.78. The zero-order valence-electron chi connectivity index (χ0n) is 14.5. The summed E-state index contributed by atoms with van der Waals surface area (Å²) >= 11 is 5.16. The van der Waals surface area contributed by atoms with Crippen LogP contribution in [0, 0.1) is 3.82 Å². The molecular weight excluding hydrogens is 386 g/mol. The molecule has 2 aromatic carbocycles. The number of anilines is 1.